The molecule has 0 aliphatic carbocycles. The Hall–Kier alpha value is -3.12. The smallest absolute Gasteiger partial charge is 0.255 e. The lowest BCUT2D eigenvalue weighted by molar-refractivity contribution is 0.102. The van der Waals surface area contributed by atoms with E-state index in [1.54, 1.807) is 29.7 Å². The van der Waals surface area contributed by atoms with Gasteiger partial charge in [-0.15, -0.1) is 11.3 Å². The third-order valence-electron chi connectivity index (χ3n) is 4.16. The van der Waals surface area contributed by atoms with Crippen molar-refractivity contribution in [2.45, 2.75) is 13.8 Å². The molecule has 0 bridgehead atoms. The maximum absolute atomic E-state index is 12.6. The van der Waals surface area contributed by atoms with E-state index in [4.69, 9.17) is 0 Å². The van der Waals surface area contributed by atoms with Crippen LogP contribution in [-0.2, 0) is 0 Å². The molecular weight excluding hydrogens is 344 g/mol. The summed E-state index contributed by atoms with van der Waals surface area (Å²) in [5.41, 5.74) is 5.60. The molecule has 1 amide bonds. The molecule has 6 heteroatoms. The summed E-state index contributed by atoms with van der Waals surface area (Å²) in [7, 11) is 0. The van der Waals surface area contributed by atoms with Crippen molar-refractivity contribution in [1.29, 1.82) is 0 Å². The van der Waals surface area contributed by atoms with Gasteiger partial charge in [0.05, 0.1) is 22.4 Å². The summed E-state index contributed by atoms with van der Waals surface area (Å²) in [5.74, 6) is -0.172. The number of amides is 1. The van der Waals surface area contributed by atoms with Crippen LogP contribution in [0.4, 0.5) is 5.69 Å². The van der Waals surface area contributed by atoms with E-state index in [-0.39, 0.29) is 5.91 Å². The molecule has 2 aromatic heterocycles. The lowest BCUT2D eigenvalue weighted by atomic mass is 10.1. The Labute approximate surface area is 154 Å². The molecule has 0 spiro atoms. The zero-order chi connectivity index (χ0) is 18.1. The first-order valence-corrected chi connectivity index (χ1v) is 9.04. The van der Waals surface area contributed by atoms with Gasteiger partial charge in [0, 0.05) is 28.4 Å². The van der Waals surface area contributed by atoms with E-state index in [2.05, 4.69) is 20.3 Å². The van der Waals surface area contributed by atoms with Gasteiger partial charge in [-0.1, -0.05) is 0 Å². The van der Waals surface area contributed by atoms with E-state index >= 15 is 0 Å². The van der Waals surface area contributed by atoms with Crippen LogP contribution in [0.15, 0.2) is 54.0 Å². The second-order valence-corrected chi connectivity index (χ2v) is 6.86. The van der Waals surface area contributed by atoms with Gasteiger partial charge in [0.25, 0.3) is 5.91 Å². The standard InChI is InChI=1S/C20H16N4OS/c1-12-13(2)23-18-11-15(5-8-17(18)22-12)19(25)24-16-6-3-14(4-7-16)20-21-9-10-26-20/h3-11H,1-2H3,(H,24,25). The number of rotatable bonds is 3. The van der Waals surface area contributed by atoms with Gasteiger partial charge in [-0.3, -0.25) is 4.79 Å². The number of carbonyl (C=O) groups excluding carboxylic acids is 1. The molecule has 0 aliphatic rings. The number of anilines is 1. The number of aromatic nitrogens is 3. The summed E-state index contributed by atoms with van der Waals surface area (Å²) in [5, 5.41) is 5.82. The number of aryl methyl sites for hydroxylation is 2. The highest BCUT2D eigenvalue weighted by molar-refractivity contribution is 7.13. The second-order valence-electron chi connectivity index (χ2n) is 5.97. The Morgan fingerprint density at radius 2 is 1.69 bits per heavy atom. The van der Waals surface area contributed by atoms with Gasteiger partial charge < -0.3 is 5.32 Å². The van der Waals surface area contributed by atoms with Gasteiger partial charge in [-0.2, -0.15) is 0 Å². The molecule has 0 saturated heterocycles. The Balaban J connectivity index is 1.56. The predicted molar refractivity (Wildman–Crippen MR) is 105 cm³/mol. The Bertz CT molecular complexity index is 1090. The van der Waals surface area contributed by atoms with Crippen molar-refractivity contribution in [2.75, 3.05) is 5.32 Å². The van der Waals surface area contributed by atoms with Crippen LogP contribution < -0.4 is 5.32 Å². The average Bonchev–Trinajstić information content (AvgIpc) is 3.17. The highest BCUT2D eigenvalue weighted by atomic mass is 32.1. The molecule has 1 N–H and O–H groups in total. The fourth-order valence-corrected chi connectivity index (χ4v) is 3.28. The molecule has 2 heterocycles. The van der Waals surface area contributed by atoms with Crippen molar-refractivity contribution < 1.29 is 4.79 Å². The fraction of sp³-hybridized carbons (Fsp3) is 0.100. The number of fused-ring (bicyclic) bond motifs is 1. The van der Waals surface area contributed by atoms with Crippen molar-refractivity contribution in [3.05, 3.63) is 71.0 Å². The topological polar surface area (TPSA) is 67.8 Å². The first kappa shape index (κ1) is 16.4. The molecule has 4 rings (SSSR count). The van der Waals surface area contributed by atoms with Gasteiger partial charge in [-0.25, -0.2) is 15.0 Å². The second kappa shape index (κ2) is 6.65. The molecule has 0 atom stereocenters. The lowest BCUT2D eigenvalue weighted by Gasteiger charge is -2.07. The molecule has 0 radical (unpaired) electrons. The van der Waals surface area contributed by atoms with Crippen molar-refractivity contribution in [3.63, 3.8) is 0 Å². The van der Waals surface area contributed by atoms with Crippen LogP contribution in [0, 0.1) is 13.8 Å². The van der Waals surface area contributed by atoms with Crippen LogP contribution in [0.3, 0.4) is 0 Å². The summed E-state index contributed by atoms with van der Waals surface area (Å²) in [4.78, 5) is 25.9. The molecule has 128 valence electrons. The largest absolute Gasteiger partial charge is 0.322 e. The quantitative estimate of drug-likeness (QED) is 0.579. The van der Waals surface area contributed by atoms with Gasteiger partial charge >= 0.3 is 0 Å². The third kappa shape index (κ3) is 3.19. The van der Waals surface area contributed by atoms with Crippen molar-refractivity contribution in [1.82, 2.24) is 15.0 Å². The molecule has 5 nitrogen and oxygen atoms in total. The van der Waals surface area contributed by atoms with E-state index < -0.39 is 0 Å². The van der Waals surface area contributed by atoms with Crippen molar-refractivity contribution >= 4 is 34.0 Å². The maximum Gasteiger partial charge on any atom is 0.255 e. The molecule has 4 aromatic rings. The third-order valence-corrected chi connectivity index (χ3v) is 4.98. The lowest BCUT2D eigenvalue weighted by Crippen LogP contribution is -2.12. The minimum Gasteiger partial charge on any atom is -0.322 e. The summed E-state index contributed by atoms with van der Waals surface area (Å²) in [6.45, 7) is 3.84. The normalized spacial score (nSPS) is 10.8. The number of hydrogen-bond acceptors (Lipinski definition) is 5. The molecular formula is C20H16N4OS. The maximum atomic E-state index is 12.6. The number of nitrogens with one attached hydrogen (secondary N) is 1. The molecule has 0 fully saturated rings. The predicted octanol–water partition coefficient (Wildman–Crippen LogP) is 4.62. The molecule has 0 unspecified atom stereocenters. The van der Waals surface area contributed by atoms with E-state index in [0.717, 1.165) is 38.7 Å². The van der Waals surface area contributed by atoms with E-state index in [1.807, 2.05) is 49.6 Å². The first-order chi connectivity index (χ1) is 12.6. The van der Waals surface area contributed by atoms with Crippen LogP contribution in [0.1, 0.15) is 21.7 Å². The molecule has 0 aliphatic heterocycles. The number of carbonyl (C=O) groups is 1. The highest BCUT2D eigenvalue weighted by Crippen LogP contribution is 2.23. The molecule has 26 heavy (non-hydrogen) atoms. The monoisotopic (exact) mass is 360 g/mol. The Kier molecular flexibility index (Phi) is 4.18. The zero-order valence-corrected chi connectivity index (χ0v) is 15.2. The molecule has 2 aromatic carbocycles. The number of benzene rings is 2. The van der Waals surface area contributed by atoms with Gasteiger partial charge in [-0.05, 0) is 56.3 Å². The van der Waals surface area contributed by atoms with Crippen molar-refractivity contribution in [3.8, 4) is 10.6 Å². The van der Waals surface area contributed by atoms with Gasteiger partial charge in [0.2, 0.25) is 0 Å². The van der Waals surface area contributed by atoms with Crippen LogP contribution in [-0.4, -0.2) is 20.9 Å². The Morgan fingerprint density at radius 3 is 2.38 bits per heavy atom. The Morgan fingerprint density at radius 1 is 0.962 bits per heavy atom. The summed E-state index contributed by atoms with van der Waals surface area (Å²) >= 11 is 1.58. The average molecular weight is 360 g/mol. The number of hydrogen-bond donors (Lipinski definition) is 1. The summed E-state index contributed by atoms with van der Waals surface area (Å²) in [6.07, 6.45) is 1.78. The van der Waals surface area contributed by atoms with Crippen LogP contribution in [0.25, 0.3) is 21.6 Å². The minimum absolute atomic E-state index is 0.172. The fourth-order valence-electron chi connectivity index (χ4n) is 2.64. The van der Waals surface area contributed by atoms with Crippen molar-refractivity contribution in [2.24, 2.45) is 0 Å². The number of nitrogens with zero attached hydrogens (tertiary/aromatic N) is 3. The van der Waals surface area contributed by atoms with E-state index in [0.29, 0.717) is 5.56 Å². The zero-order valence-electron chi connectivity index (χ0n) is 14.4. The SMILES string of the molecule is Cc1nc2ccc(C(=O)Nc3ccc(-c4nccs4)cc3)cc2nc1C. The summed E-state index contributed by atoms with van der Waals surface area (Å²) in [6, 6.07) is 13.0. The van der Waals surface area contributed by atoms with Gasteiger partial charge in [0.1, 0.15) is 5.01 Å². The van der Waals surface area contributed by atoms with Crippen LogP contribution in [0.2, 0.25) is 0 Å². The first-order valence-electron chi connectivity index (χ1n) is 8.16. The summed E-state index contributed by atoms with van der Waals surface area (Å²) < 4.78 is 0. The highest BCUT2D eigenvalue weighted by Gasteiger charge is 2.10. The van der Waals surface area contributed by atoms with Crippen LogP contribution >= 0.6 is 11.3 Å². The molecule has 0 saturated carbocycles. The van der Waals surface area contributed by atoms with Gasteiger partial charge in [0.15, 0.2) is 0 Å². The van der Waals surface area contributed by atoms with E-state index in [1.165, 1.54) is 0 Å². The van der Waals surface area contributed by atoms with Crippen LogP contribution in [0.5, 0.6) is 0 Å². The van der Waals surface area contributed by atoms with E-state index in [9.17, 15) is 4.79 Å². The minimum atomic E-state index is -0.172. The number of thiazole rings is 1.